The van der Waals surface area contributed by atoms with E-state index in [1.165, 1.54) is 0 Å². The van der Waals surface area contributed by atoms with Crippen molar-refractivity contribution in [2.24, 2.45) is 0 Å². The van der Waals surface area contributed by atoms with Crippen molar-refractivity contribution in [1.82, 2.24) is 15.3 Å². The highest BCUT2D eigenvalue weighted by atomic mass is 32.2. The van der Waals surface area contributed by atoms with E-state index in [0.29, 0.717) is 0 Å². The van der Waals surface area contributed by atoms with E-state index in [9.17, 15) is 0 Å². The maximum absolute atomic E-state index is 4.37. The van der Waals surface area contributed by atoms with E-state index in [1.807, 2.05) is 25.6 Å². The van der Waals surface area contributed by atoms with Crippen molar-refractivity contribution in [3.8, 4) is 0 Å². The van der Waals surface area contributed by atoms with Gasteiger partial charge in [0.1, 0.15) is 5.03 Å². The van der Waals surface area contributed by atoms with Crippen molar-refractivity contribution in [2.45, 2.75) is 16.7 Å². The molecule has 1 aromatic heterocycles. The predicted molar refractivity (Wildman–Crippen MR) is 58.4 cm³/mol. The summed E-state index contributed by atoms with van der Waals surface area (Å²) in [5, 5.41) is 4.95. The second kappa shape index (κ2) is 5.47. The molecule has 0 aliphatic rings. The number of nitrogens with one attached hydrogen (secondary N) is 1. The zero-order chi connectivity index (χ0) is 9.68. The van der Waals surface area contributed by atoms with E-state index in [4.69, 9.17) is 0 Å². The second-order valence-corrected chi connectivity index (χ2v) is 4.02. The van der Waals surface area contributed by atoms with E-state index >= 15 is 0 Å². The van der Waals surface area contributed by atoms with Crippen LogP contribution in [0.25, 0.3) is 0 Å². The topological polar surface area (TPSA) is 37.8 Å². The molecule has 0 atom stereocenters. The molecular weight excluding hydrogens is 202 g/mol. The van der Waals surface area contributed by atoms with Gasteiger partial charge in [-0.1, -0.05) is 11.8 Å². The van der Waals surface area contributed by atoms with Crippen LogP contribution in [-0.2, 0) is 6.54 Å². The summed E-state index contributed by atoms with van der Waals surface area (Å²) in [6, 6.07) is 2.01. The van der Waals surface area contributed by atoms with Crippen LogP contribution in [0.5, 0.6) is 0 Å². The molecule has 0 aliphatic heterocycles. The lowest BCUT2D eigenvalue weighted by molar-refractivity contribution is 0.746. The highest BCUT2D eigenvalue weighted by Crippen LogP contribution is 2.17. The Hall–Kier alpha value is -0.260. The van der Waals surface area contributed by atoms with Crippen molar-refractivity contribution < 1.29 is 0 Å². The number of hydrogen-bond acceptors (Lipinski definition) is 5. The molecule has 1 N–H and O–H groups in total. The summed E-state index contributed by atoms with van der Waals surface area (Å²) in [5.41, 5.74) is 1.05. The fourth-order valence-corrected chi connectivity index (χ4v) is 1.80. The van der Waals surface area contributed by atoms with Crippen LogP contribution in [0.4, 0.5) is 0 Å². The predicted octanol–water partition coefficient (Wildman–Crippen LogP) is 1.64. The van der Waals surface area contributed by atoms with Crippen LogP contribution in [0.2, 0.25) is 0 Å². The van der Waals surface area contributed by atoms with Gasteiger partial charge < -0.3 is 5.32 Å². The van der Waals surface area contributed by atoms with E-state index < -0.39 is 0 Å². The average molecular weight is 215 g/mol. The lowest BCUT2D eigenvalue weighted by Gasteiger charge is -2.03. The summed E-state index contributed by atoms with van der Waals surface area (Å²) in [7, 11) is 1.92. The summed E-state index contributed by atoms with van der Waals surface area (Å²) in [6.45, 7) is 0.795. The Morgan fingerprint density at radius 2 is 2.08 bits per heavy atom. The zero-order valence-corrected chi connectivity index (χ0v) is 9.63. The van der Waals surface area contributed by atoms with Gasteiger partial charge in [-0.15, -0.1) is 11.8 Å². The van der Waals surface area contributed by atoms with Gasteiger partial charge in [-0.2, -0.15) is 0 Å². The van der Waals surface area contributed by atoms with Gasteiger partial charge in [0.05, 0.1) is 5.69 Å². The molecule has 1 rings (SSSR count). The lowest BCUT2D eigenvalue weighted by Crippen LogP contribution is -2.08. The number of hydrogen-bond donors (Lipinski definition) is 1. The highest BCUT2D eigenvalue weighted by Gasteiger charge is 2.01. The van der Waals surface area contributed by atoms with E-state index in [1.54, 1.807) is 23.5 Å². The molecule has 5 heteroatoms. The highest BCUT2D eigenvalue weighted by molar-refractivity contribution is 7.99. The third kappa shape index (κ3) is 3.17. The van der Waals surface area contributed by atoms with Gasteiger partial charge in [-0.05, 0) is 25.6 Å². The first-order valence-corrected chi connectivity index (χ1v) is 6.35. The molecule has 0 amide bonds. The molecule has 0 aliphatic carbocycles. The van der Waals surface area contributed by atoms with Crippen LogP contribution in [0, 0.1) is 0 Å². The first-order valence-electron chi connectivity index (χ1n) is 3.90. The molecule has 0 unspecified atom stereocenters. The maximum atomic E-state index is 4.37. The molecular formula is C8H13N3S2. The molecule has 0 bridgehead atoms. The van der Waals surface area contributed by atoms with Crippen LogP contribution in [0.15, 0.2) is 16.2 Å². The van der Waals surface area contributed by atoms with Crippen LogP contribution in [0.3, 0.4) is 0 Å². The first kappa shape index (κ1) is 10.8. The minimum Gasteiger partial charge on any atom is -0.314 e. The molecule has 0 saturated heterocycles. The van der Waals surface area contributed by atoms with Gasteiger partial charge in [0.15, 0.2) is 5.16 Å². The summed E-state index contributed by atoms with van der Waals surface area (Å²) < 4.78 is 0. The number of rotatable bonds is 4. The Morgan fingerprint density at radius 3 is 2.62 bits per heavy atom. The summed E-state index contributed by atoms with van der Waals surface area (Å²) >= 11 is 3.22. The third-order valence-corrected chi connectivity index (χ3v) is 2.66. The average Bonchev–Trinajstić information content (AvgIpc) is 2.17. The number of thioether (sulfide) groups is 2. The van der Waals surface area contributed by atoms with Crippen molar-refractivity contribution in [1.29, 1.82) is 0 Å². The van der Waals surface area contributed by atoms with Gasteiger partial charge in [-0.25, -0.2) is 9.97 Å². The standard InChI is InChI=1S/C8H13N3S2/c1-9-5-6-4-7(12-2)11-8(10-6)13-3/h4,9H,5H2,1-3H3. The minimum atomic E-state index is 0.795. The summed E-state index contributed by atoms with van der Waals surface area (Å²) in [6.07, 6.45) is 4.01. The SMILES string of the molecule is CNCc1cc(SC)nc(SC)n1. The molecule has 0 aromatic carbocycles. The fraction of sp³-hybridized carbons (Fsp3) is 0.500. The Labute approximate surface area is 87.1 Å². The van der Waals surface area contributed by atoms with E-state index in [0.717, 1.165) is 22.4 Å². The molecule has 0 saturated carbocycles. The quantitative estimate of drug-likeness (QED) is 0.469. The van der Waals surface area contributed by atoms with Crippen LogP contribution in [-0.4, -0.2) is 29.5 Å². The van der Waals surface area contributed by atoms with Gasteiger partial charge >= 0.3 is 0 Å². The van der Waals surface area contributed by atoms with Gasteiger partial charge in [0, 0.05) is 6.54 Å². The zero-order valence-electron chi connectivity index (χ0n) is 8.00. The van der Waals surface area contributed by atoms with Crippen molar-refractivity contribution in [2.75, 3.05) is 19.6 Å². The second-order valence-electron chi connectivity index (χ2n) is 2.42. The molecule has 1 heterocycles. The Morgan fingerprint density at radius 1 is 1.31 bits per heavy atom. The van der Waals surface area contributed by atoms with Gasteiger partial charge in [0.2, 0.25) is 0 Å². The largest absolute Gasteiger partial charge is 0.314 e. The number of aromatic nitrogens is 2. The Kier molecular flexibility index (Phi) is 4.55. The molecule has 0 fully saturated rings. The molecule has 0 spiro atoms. The van der Waals surface area contributed by atoms with Crippen LogP contribution in [0.1, 0.15) is 5.69 Å². The lowest BCUT2D eigenvalue weighted by atomic mass is 10.4. The van der Waals surface area contributed by atoms with Crippen molar-refractivity contribution in [3.05, 3.63) is 11.8 Å². The molecule has 13 heavy (non-hydrogen) atoms. The molecule has 72 valence electrons. The smallest absolute Gasteiger partial charge is 0.188 e. The minimum absolute atomic E-state index is 0.795. The Balaban J connectivity index is 2.93. The van der Waals surface area contributed by atoms with Crippen LogP contribution >= 0.6 is 23.5 Å². The maximum Gasteiger partial charge on any atom is 0.188 e. The van der Waals surface area contributed by atoms with E-state index in [2.05, 4.69) is 15.3 Å². The number of nitrogens with zero attached hydrogens (tertiary/aromatic N) is 2. The van der Waals surface area contributed by atoms with Crippen molar-refractivity contribution in [3.63, 3.8) is 0 Å². The van der Waals surface area contributed by atoms with Crippen molar-refractivity contribution >= 4 is 23.5 Å². The Bertz CT molecular complexity index is 256. The molecule has 3 nitrogen and oxygen atoms in total. The summed E-state index contributed by atoms with van der Waals surface area (Å²) in [4.78, 5) is 8.71. The fourth-order valence-electron chi connectivity index (χ4n) is 0.917. The molecule has 1 aromatic rings. The summed E-state index contributed by atoms with van der Waals surface area (Å²) in [5.74, 6) is 0. The van der Waals surface area contributed by atoms with Crippen LogP contribution < -0.4 is 5.32 Å². The van der Waals surface area contributed by atoms with Gasteiger partial charge in [0.25, 0.3) is 0 Å². The van der Waals surface area contributed by atoms with Gasteiger partial charge in [-0.3, -0.25) is 0 Å². The third-order valence-electron chi connectivity index (χ3n) is 1.48. The monoisotopic (exact) mass is 215 g/mol. The van der Waals surface area contributed by atoms with E-state index in [-0.39, 0.29) is 0 Å². The molecule has 0 radical (unpaired) electrons. The normalized spacial score (nSPS) is 10.4. The first-order chi connectivity index (χ1) is 6.30.